The van der Waals surface area contributed by atoms with Gasteiger partial charge in [-0.3, -0.25) is 0 Å². The first-order valence-corrected chi connectivity index (χ1v) is 17.5. The molecule has 2 aliphatic carbocycles. The molecule has 0 fully saturated rings. The summed E-state index contributed by atoms with van der Waals surface area (Å²) in [5.41, 5.74) is 15.7. The lowest BCUT2D eigenvalue weighted by Gasteiger charge is -2.39. The predicted octanol–water partition coefficient (Wildman–Crippen LogP) is 12.3. The van der Waals surface area contributed by atoms with Gasteiger partial charge in [-0.05, 0) is 85.5 Å². The summed E-state index contributed by atoms with van der Waals surface area (Å²) in [4.78, 5) is 0. The lowest BCUT2D eigenvalue weighted by Crippen LogP contribution is -2.29. The van der Waals surface area contributed by atoms with Crippen molar-refractivity contribution in [2.24, 2.45) is 0 Å². The van der Waals surface area contributed by atoms with Crippen LogP contribution in [0, 0.1) is 0 Å². The first-order valence-electron chi connectivity index (χ1n) is 17.5. The first-order chi connectivity index (χ1) is 24.7. The summed E-state index contributed by atoms with van der Waals surface area (Å²) in [6.45, 7) is 2.35. The van der Waals surface area contributed by atoms with Crippen LogP contribution in [0.2, 0.25) is 0 Å². The van der Waals surface area contributed by atoms with E-state index in [1.54, 1.807) is 0 Å². The van der Waals surface area contributed by atoms with Crippen LogP contribution >= 0.6 is 0 Å². The topological polar surface area (TPSA) is 9.23 Å². The van der Waals surface area contributed by atoms with Gasteiger partial charge in [-0.2, -0.15) is 0 Å². The lowest BCUT2D eigenvalue weighted by atomic mass is 9.68. The molecule has 3 aliphatic rings. The maximum atomic E-state index is 6.95. The highest BCUT2D eigenvalue weighted by molar-refractivity contribution is 6.04. The average Bonchev–Trinajstić information content (AvgIpc) is 3.65. The van der Waals surface area contributed by atoms with E-state index in [-0.39, 0.29) is 5.41 Å². The van der Waals surface area contributed by atoms with E-state index in [2.05, 4.69) is 183 Å². The zero-order valence-electron chi connectivity index (χ0n) is 27.7. The minimum absolute atomic E-state index is 0.377. The van der Waals surface area contributed by atoms with Gasteiger partial charge in [0.25, 0.3) is 0 Å². The third-order valence-electron chi connectivity index (χ3n) is 11.8. The molecule has 0 amide bonds. The normalized spacial score (nSPS) is 18.8. The Hall–Kier alpha value is -6.18. The van der Waals surface area contributed by atoms with Crippen LogP contribution < -0.4 is 4.74 Å². The van der Waals surface area contributed by atoms with E-state index in [1.165, 1.54) is 72.0 Å². The molecule has 1 spiro atoms. The summed E-state index contributed by atoms with van der Waals surface area (Å²) in [6, 6.07) is 64.9. The molecule has 0 N–H and O–H groups in total. The van der Waals surface area contributed by atoms with Gasteiger partial charge in [0.2, 0.25) is 0 Å². The highest BCUT2D eigenvalue weighted by Gasteiger charge is 2.52. The Bertz CT molecular complexity index is 2690. The van der Waals surface area contributed by atoms with Crippen molar-refractivity contribution in [1.29, 1.82) is 0 Å². The summed E-state index contributed by atoms with van der Waals surface area (Å²) >= 11 is 0. The van der Waals surface area contributed by atoms with Gasteiger partial charge in [-0.15, -0.1) is 0 Å². The minimum Gasteiger partial charge on any atom is -0.456 e. The van der Waals surface area contributed by atoms with Crippen molar-refractivity contribution in [1.82, 2.24) is 0 Å². The summed E-state index contributed by atoms with van der Waals surface area (Å²) in [6.07, 6.45) is 0. The molecule has 0 bridgehead atoms. The van der Waals surface area contributed by atoms with E-state index in [4.69, 9.17) is 4.74 Å². The maximum Gasteiger partial charge on any atom is 0.139 e. The van der Waals surface area contributed by atoms with Gasteiger partial charge in [0, 0.05) is 22.1 Å². The fourth-order valence-corrected chi connectivity index (χ4v) is 9.66. The number of fused-ring (bicyclic) bond motifs is 14. The summed E-state index contributed by atoms with van der Waals surface area (Å²) in [5, 5.41) is 2.58. The molecule has 2 atom stereocenters. The van der Waals surface area contributed by atoms with E-state index >= 15 is 0 Å². The van der Waals surface area contributed by atoms with Gasteiger partial charge in [0.15, 0.2) is 0 Å². The van der Waals surface area contributed by atoms with Gasteiger partial charge >= 0.3 is 0 Å². The molecule has 8 aromatic carbocycles. The molecule has 0 aromatic heterocycles. The molecular weight excluding hydrogens is 605 g/mol. The van der Waals surface area contributed by atoms with Crippen molar-refractivity contribution in [3.63, 3.8) is 0 Å². The third kappa shape index (κ3) is 3.37. The van der Waals surface area contributed by atoms with Gasteiger partial charge in [-0.25, -0.2) is 0 Å². The van der Waals surface area contributed by atoms with E-state index in [1.807, 2.05) is 0 Å². The van der Waals surface area contributed by atoms with Crippen molar-refractivity contribution in [3.05, 3.63) is 215 Å². The second kappa shape index (κ2) is 9.94. The second-order valence-corrected chi connectivity index (χ2v) is 14.1. The molecule has 0 saturated carbocycles. The first kappa shape index (κ1) is 27.7. The Morgan fingerprint density at radius 3 is 1.84 bits per heavy atom. The zero-order valence-corrected chi connectivity index (χ0v) is 27.7. The van der Waals surface area contributed by atoms with Gasteiger partial charge in [-0.1, -0.05) is 164 Å². The standard InChI is InChI=1S/C49H32O/c1-48(33-15-3-2-4-16-33)42-23-11-12-25-45(42)50-47-35(20-13-24-43(47)48)32-27-28-38-36-18-7-9-21-40(36)49(44(38)30-32)41-22-10-8-19-37(41)39-29-26-31-14-5-6-17-34(31)46(39)49/h2-30H,1H3. The van der Waals surface area contributed by atoms with E-state index in [0.29, 0.717) is 0 Å². The van der Waals surface area contributed by atoms with Crippen LogP contribution in [0.25, 0.3) is 44.2 Å². The molecule has 11 rings (SSSR count). The summed E-state index contributed by atoms with van der Waals surface area (Å²) in [7, 11) is 0. The Kier molecular flexibility index (Phi) is 5.51. The zero-order chi connectivity index (χ0) is 33.0. The van der Waals surface area contributed by atoms with Gasteiger partial charge in [0.05, 0.1) is 5.41 Å². The molecule has 1 heteroatoms. The Labute approximate surface area is 292 Å². The number of hydrogen-bond acceptors (Lipinski definition) is 1. The smallest absolute Gasteiger partial charge is 0.139 e. The van der Waals surface area contributed by atoms with Crippen LogP contribution in [0.5, 0.6) is 11.5 Å². The fourth-order valence-electron chi connectivity index (χ4n) is 9.66. The number of benzene rings is 8. The molecule has 1 nitrogen and oxygen atoms in total. The SMILES string of the molecule is CC1(c2ccccc2)c2ccccc2Oc2c(-c3ccc4c(c3)C3(c5ccccc5-4)c4ccccc4-c4ccc5ccccc5c43)cccc21. The molecule has 2 unspecified atom stereocenters. The average molecular weight is 637 g/mol. The summed E-state index contributed by atoms with van der Waals surface area (Å²) < 4.78 is 6.95. The van der Waals surface area contributed by atoms with Crippen molar-refractivity contribution in [2.75, 3.05) is 0 Å². The van der Waals surface area contributed by atoms with Crippen LogP contribution in [0.3, 0.4) is 0 Å². The quantitative estimate of drug-likeness (QED) is 0.183. The number of hydrogen-bond donors (Lipinski definition) is 0. The number of rotatable bonds is 2. The monoisotopic (exact) mass is 636 g/mol. The Morgan fingerprint density at radius 1 is 0.420 bits per heavy atom. The van der Waals surface area contributed by atoms with Gasteiger partial charge < -0.3 is 4.74 Å². The fraction of sp³-hybridized carbons (Fsp3) is 0.0612. The Balaban J connectivity index is 1.21. The van der Waals surface area contributed by atoms with Crippen LogP contribution in [-0.2, 0) is 10.8 Å². The molecule has 1 heterocycles. The maximum absolute atomic E-state index is 6.95. The molecule has 0 radical (unpaired) electrons. The second-order valence-electron chi connectivity index (χ2n) is 14.1. The van der Waals surface area contributed by atoms with Crippen LogP contribution in [-0.4, -0.2) is 0 Å². The molecule has 0 saturated heterocycles. The van der Waals surface area contributed by atoms with Crippen molar-refractivity contribution >= 4 is 10.8 Å². The third-order valence-corrected chi connectivity index (χ3v) is 11.8. The highest BCUT2D eigenvalue weighted by atomic mass is 16.5. The number of ether oxygens (including phenoxy) is 1. The highest BCUT2D eigenvalue weighted by Crippen LogP contribution is 2.64. The largest absolute Gasteiger partial charge is 0.456 e. The van der Waals surface area contributed by atoms with Crippen LogP contribution in [0.15, 0.2) is 176 Å². The van der Waals surface area contributed by atoms with Crippen molar-refractivity contribution < 1.29 is 4.74 Å². The van der Waals surface area contributed by atoms with E-state index in [0.717, 1.165) is 22.6 Å². The number of para-hydroxylation sites is 2. The van der Waals surface area contributed by atoms with Crippen molar-refractivity contribution in [2.45, 2.75) is 17.8 Å². The van der Waals surface area contributed by atoms with Crippen LogP contribution in [0.1, 0.15) is 45.9 Å². The summed E-state index contributed by atoms with van der Waals surface area (Å²) in [5.74, 6) is 1.84. The van der Waals surface area contributed by atoms with E-state index < -0.39 is 5.41 Å². The Morgan fingerprint density at radius 2 is 1.02 bits per heavy atom. The molecule has 234 valence electrons. The van der Waals surface area contributed by atoms with Gasteiger partial charge in [0.1, 0.15) is 11.5 Å². The molecule has 8 aromatic rings. The predicted molar refractivity (Wildman–Crippen MR) is 204 cm³/mol. The molecule has 50 heavy (non-hydrogen) atoms. The van der Waals surface area contributed by atoms with Crippen molar-refractivity contribution in [3.8, 4) is 44.9 Å². The lowest BCUT2D eigenvalue weighted by molar-refractivity contribution is 0.429. The van der Waals surface area contributed by atoms with Crippen LogP contribution in [0.4, 0.5) is 0 Å². The molecular formula is C49H32O. The van der Waals surface area contributed by atoms with E-state index in [9.17, 15) is 0 Å². The minimum atomic E-state index is -0.449. The molecule has 1 aliphatic heterocycles.